The van der Waals surface area contributed by atoms with Gasteiger partial charge in [-0.05, 0) is 0 Å². The van der Waals surface area contributed by atoms with E-state index in [-0.39, 0.29) is 1090 Å². The second-order valence-electron chi connectivity index (χ2n) is 0. The second-order valence-corrected chi connectivity index (χ2v) is 0. The topological polar surface area (TPSA) is 0 Å². The molecule has 0 bridgehead atoms. The van der Waals surface area contributed by atoms with Crippen molar-refractivity contribution in [3.05, 3.63) is 0 Å². The average molecular weight is 3010 g/mol. The van der Waals surface area contributed by atoms with Crippen LogP contribution < -0.4 is 0 Å². The van der Waals surface area contributed by atoms with Crippen LogP contribution in [-0.2, 0) is 1090 Å². The minimum atomic E-state index is 0. The average Bonchev–Trinajstić information content (AvgIpc) is 0. The van der Waals surface area contributed by atoms with Gasteiger partial charge in [0.05, 0.1) is 0 Å². The Morgan fingerprint density at radius 1 is 0.0169 bits per heavy atom. The largest absolute Gasteiger partial charge is 0 e. The molecule has 0 aromatic carbocycles. The molecule has 295 valence electrons. The van der Waals surface area contributed by atoms with Crippen LogP contribution in [-0.4, -0.2) is 0 Å². The van der Waals surface area contributed by atoms with Crippen LogP contribution in [0.3, 0.4) is 0 Å². The summed E-state index contributed by atoms with van der Waals surface area (Å²) >= 11 is 0. The normalized spacial score (nSPS) is 0. The van der Waals surface area contributed by atoms with Gasteiger partial charge in [0.2, 0.25) is 0 Å². The van der Waals surface area contributed by atoms with E-state index in [1.807, 2.05) is 0 Å². The van der Waals surface area contributed by atoms with E-state index >= 15 is 0 Å². The Hall–Kier alpha value is 34.5. The molecule has 0 saturated carbocycles. The molecule has 0 heterocycles. The zero-order valence-electron chi connectivity index (χ0n) is 26.4. The van der Waals surface area contributed by atoms with Crippen LogP contribution in [0.2, 0.25) is 0 Å². The van der Waals surface area contributed by atoms with Crippen LogP contribution in [0.4, 0.5) is 0 Å². The molecule has 0 amide bonds. The summed E-state index contributed by atoms with van der Waals surface area (Å²) in [7, 11) is 0. The molecule has 0 aromatic heterocycles. The number of hydrogen-bond acceptors (Lipinski definition) is 0. The third-order valence-corrected chi connectivity index (χ3v) is 0. The Morgan fingerprint density at radius 2 is 0.0169 bits per heavy atom. The fourth-order valence-electron chi connectivity index (χ4n) is 0. The molecule has 0 aliphatic carbocycles. The predicted molar refractivity (Wildman–Crippen MR) is 0 cm³/mol. The van der Waals surface area contributed by atoms with E-state index in [1.165, 1.54) is 0 Å². The van der Waals surface area contributed by atoms with Gasteiger partial charge in [0, 0.05) is 1090 Å². The van der Waals surface area contributed by atoms with Crippen LogP contribution in [0.25, 0.3) is 0 Å². The molecule has 59 radical (unpaired) electrons. The van der Waals surface area contributed by atoms with Crippen LogP contribution in [0.15, 0.2) is 0 Å². The van der Waals surface area contributed by atoms with Crippen molar-refractivity contribution in [3.63, 3.8) is 0 Å². The van der Waals surface area contributed by atoms with Crippen LogP contribution in [0.5, 0.6) is 0 Å². The van der Waals surface area contributed by atoms with E-state index in [4.69, 9.17) is 0 Å². The molecule has 59 heavy (non-hydrogen) atoms. The fourth-order valence-corrected chi connectivity index (χ4v) is 0. The van der Waals surface area contributed by atoms with Crippen molar-refractivity contribution in [3.8, 4) is 0 Å². The first-order valence-electron chi connectivity index (χ1n) is 0. The van der Waals surface area contributed by atoms with Crippen molar-refractivity contribution in [2.45, 2.75) is 0 Å². The van der Waals surface area contributed by atoms with Gasteiger partial charge in [-0.3, -0.25) is 0 Å². The molecule has 0 aliphatic rings. The third-order valence-electron chi connectivity index (χ3n) is 0. The van der Waals surface area contributed by atoms with E-state index < -0.39 is 0 Å². The van der Waals surface area contributed by atoms with Crippen molar-refractivity contribution in [2.24, 2.45) is 0 Å². The standard InChI is InChI=1S/59V. The second kappa shape index (κ2) is 651. The molecule has 0 atom stereocenters. The van der Waals surface area contributed by atoms with Crippen molar-refractivity contribution >= 4 is 0 Å². The molecule has 0 nitrogen and oxygen atoms in total. The van der Waals surface area contributed by atoms with Crippen molar-refractivity contribution in [1.82, 2.24) is 0 Å². The molecule has 0 aliphatic heterocycles. The van der Waals surface area contributed by atoms with Crippen molar-refractivity contribution < 1.29 is 1090 Å². The summed E-state index contributed by atoms with van der Waals surface area (Å²) in [5.41, 5.74) is 0. The summed E-state index contributed by atoms with van der Waals surface area (Å²) in [5.74, 6) is 0. The Bertz CT molecular complexity index is 0. The quantitative estimate of drug-likeness (QED) is 0.318. The molecule has 0 rings (SSSR count). The SMILES string of the molecule is [V].[V].[V].[V].[V].[V].[V].[V].[V].[V].[V].[V].[V].[V].[V].[V].[V].[V].[V].[V].[V].[V].[V].[V].[V].[V].[V].[V].[V].[V].[V].[V].[V].[V].[V].[V].[V].[V].[V].[V].[V].[V].[V].[V].[V].[V].[V].[V].[V].[V].[V].[V].[V].[V].[V].[V].[V].[V].[V]. The molecule has 0 spiro atoms. The zero-order valence-corrected chi connectivity index (χ0v) is 109. The molecule has 0 unspecified atom stereocenters. The molecule has 0 aromatic rings. The summed E-state index contributed by atoms with van der Waals surface area (Å²) in [6.45, 7) is 0. The maximum absolute atomic E-state index is 0. The molecule has 0 saturated heterocycles. The number of rotatable bonds is 0. The minimum Gasteiger partial charge on any atom is 0 e. The van der Waals surface area contributed by atoms with E-state index in [9.17, 15) is 0 Å². The molecular weight excluding hydrogens is 3010 g/mol. The first-order chi connectivity index (χ1) is 0. The van der Waals surface area contributed by atoms with Gasteiger partial charge in [-0.15, -0.1) is 0 Å². The summed E-state index contributed by atoms with van der Waals surface area (Å²) in [6.07, 6.45) is 0. The third kappa shape index (κ3) is 637. The monoisotopic (exact) mass is 3010 g/mol. The Kier molecular flexibility index (Phi) is 7420. The van der Waals surface area contributed by atoms with Crippen LogP contribution in [0, 0.1) is 0 Å². The van der Waals surface area contributed by atoms with Gasteiger partial charge in [-0.1, -0.05) is 0 Å². The maximum Gasteiger partial charge on any atom is 0 e. The first-order valence-corrected chi connectivity index (χ1v) is 0. The summed E-state index contributed by atoms with van der Waals surface area (Å²) in [4.78, 5) is 0. The molecular formula is V59. The van der Waals surface area contributed by atoms with E-state index in [2.05, 4.69) is 0 Å². The van der Waals surface area contributed by atoms with E-state index in [1.54, 1.807) is 0 Å². The van der Waals surface area contributed by atoms with Gasteiger partial charge < -0.3 is 0 Å². The van der Waals surface area contributed by atoms with Crippen molar-refractivity contribution in [1.29, 1.82) is 0 Å². The van der Waals surface area contributed by atoms with Crippen molar-refractivity contribution in [2.75, 3.05) is 0 Å². The van der Waals surface area contributed by atoms with Crippen LogP contribution in [0.1, 0.15) is 0 Å². The van der Waals surface area contributed by atoms with Gasteiger partial charge in [0.15, 0.2) is 0 Å². The number of hydrogen-bond donors (Lipinski definition) is 0. The zero-order chi connectivity index (χ0) is 0. The Balaban J connectivity index is 0. The van der Waals surface area contributed by atoms with Crippen LogP contribution >= 0.6 is 0 Å². The molecule has 0 fully saturated rings. The van der Waals surface area contributed by atoms with Gasteiger partial charge in [-0.2, -0.15) is 0 Å². The smallest absolute Gasteiger partial charge is 0 e. The summed E-state index contributed by atoms with van der Waals surface area (Å²) in [5, 5.41) is 0. The molecule has 0 N–H and O–H groups in total. The predicted octanol–water partition coefficient (Wildman–Crippen LogP) is -0.148. The van der Waals surface area contributed by atoms with E-state index in [0.717, 1.165) is 0 Å². The van der Waals surface area contributed by atoms with E-state index in [0.29, 0.717) is 0 Å². The fraction of sp³-hybridized carbons (Fsp3) is 0. The Labute approximate surface area is 1060 Å². The van der Waals surface area contributed by atoms with Gasteiger partial charge in [0.25, 0.3) is 0 Å². The summed E-state index contributed by atoms with van der Waals surface area (Å²) in [6, 6.07) is 0. The minimum absolute atomic E-state index is 0. The van der Waals surface area contributed by atoms with Gasteiger partial charge in [0.1, 0.15) is 0 Å². The Morgan fingerprint density at radius 3 is 0.0169 bits per heavy atom. The first kappa shape index (κ1) is 672. The molecule has 59 heteroatoms. The van der Waals surface area contributed by atoms with Gasteiger partial charge >= 0.3 is 0 Å². The maximum atomic E-state index is 0. The van der Waals surface area contributed by atoms with Gasteiger partial charge in [-0.25, -0.2) is 0 Å². The summed E-state index contributed by atoms with van der Waals surface area (Å²) < 4.78 is 0.